The van der Waals surface area contributed by atoms with Crippen LogP contribution in [0.25, 0.3) is 0 Å². The highest BCUT2D eigenvalue weighted by atomic mass is 16.2. The highest BCUT2D eigenvalue weighted by Crippen LogP contribution is 2.27. The van der Waals surface area contributed by atoms with Crippen molar-refractivity contribution in [2.24, 2.45) is 13.0 Å². The van der Waals surface area contributed by atoms with E-state index in [1.807, 2.05) is 30.3 Å². The summed E-state index contributed by atoms with van der Waals surface area (Å²) in [5.41, 5.74) is 5.84. The second-order valence-corrected chi connectivity index (χ2v) is 8.29. The molecule has 7 nitrogen and oxygen atoms in total. The van der Waals surface area contributed by atoms with Crippen molar-refractivity contribution in [3.05, 3.63) is 62.3 Å². The maximum absolute atomic E-state index is 13.1. The summed E-state index contributed by atoms with van der Waals surface area (Å²) < 4.78 is 2.28. The first kappa shape index (κ1) is 21.0. The first-order chi connectivity index (χ1) is 13.8. The van der Waals surface area contributed by atoms with E-state index in [0.717, 1.165) is 35.9 Å². The van der Waals surface area contributed by atoms with E-state index in [2.05, 4.69) is 18.7 Å². The van der Waals surface area contributed by atoms with Gasteiger partial charge in [-0.1, -0.05) is 44.2 Å². The number of benzene rings is 1. The fourth-order valence-electron chi connectivity index (χ4n) is 3.48. The fraction of sp³-hybridized carbons (Fsp3) is 0.500. The SMILES string of the molecule is CC(C)CCN(CC(=O)c1c(N)n(Cc2ccccc2)c(=O)n(C)c1=O)C1CC1. The third-order valence-corrected chi connectivity index (χ3v) is 5.45. The van der Waals surface area contributed by atoms with Gasteiger partial charge in [-0.2, -0.15) is 0 Å². The Kier molecular flexibility index (Phi) is 6.37. The van der Waals surface area contributed by atoms with E-state index in [9.17, 15) is 14.4 Å². The number of nitrogen functional groups attached to an aromatic ring is 1. The number of nitrogens with zero attached hydrogens (tertiary/aromatic N) is 3. The fourth-order valence-corrected chi connectivity index (χ4v) is 3.48. The molecule has 1 saturated carbocycles. The number of carbonyl (C=O) groups excluding carboxylic acids is 1. The van der Waals surface area contributed by atoms with Gasteiger partial charge in [0.15, 0.2) is 5.78 Å². The molecule has 0 atom stereocenters. The van der Waals surface area contributed by atoms with Crippen LogP contribution in [0.3, 0.4) is 0 Å². The van der Waals surface area contributed by atoms with Gasteiger partial charge in [0.25, 0.3) is 5.56 Å². The van der Waals surface area contributed by atoms with Crippen molar-refractivity contribution in [3.63, 3.8) is 0 Å². The normalized spacial score (nSPS) is 14.0. The standard InChI is InChI=1S/C22H30N4O3/c1-15(2)11-12-25(17-9-10-17)14-18(27)19-20(23)26(22(29)24(3)21(19)28)13-16-7-5-4-6-8-16/h4-8,15,17H,9-14,23H2,1-3H3. The van der Waals surface area contributed by atoms with E-state index in [-0.39, 0.29) is 30.3 Å². The number of rotatable bonds is 9. The van der Waals surface area contributed by atoms with E-state index < -0.39 is 11.2 Å². The number of Topliss-reactive ketones (excluding diaryl/α,β-unsaturated/α-hetero) is 1. The molecule has 2 N–H and O–H groups in total. The van der Waals surface area contributed by atoms with Crippen LogP contribution in [0.2, 0.25) is 0 Å². The van der Waals surface area contributed by atoms with Gasteiger partial charge in [-0.05, 0) is 37.3 Å². The Labute approximate surface area is 170 Å². The number of ketones is 1. The summed E-state index contributed by atoms with van der Waals surface area (Å²) in [5, 5.41) is 0. The second kappa shape index (κ2) is 8.78. The maximum atomic E-state index is 13.1. The maximum Gasteiger partial charge on any atom is 0.332 e. The smallest absolute Gasteiger partial charge is 0.332 e. The molecule has 0 saturated heterocycles. The predicted octanol–water partition coefficient (Wildman–Crippen LogP) is 1.87. The average Bonchev–Trinajstić information content (AvgIpc) is 3.53. The zero-order chi connectivity index (χ0) is 21.1. The molecular formula is C22H30N4O3. The van der Waals surface area contributed by atoms with Crippen molar-refractivity contribution >= 4 is 11.6 Å². The van der Waals surface area contributed by atoms with E-state index in [0.29, 0.717) is 12.0 Å². The molecule has 1 aromatic carbocycles. The van der Waals surface area contributed by atoms with E-state index >= 15 is 0 Å². The molecule has 7 heteroatoms. The number of hydrogen-bond acceptors (Lipinski definition) is 5. The van der Waals surface area contributed by atoms with Crippen molar-refractivity contribution in [1.29, 1.82) is 0 Å². The van der Waals surface area contributed by atoms with Crippen LogP contribution in [0.5, 0.6) is 0 Å². The van der Waals surface area contributed by atoms with Crippen LogP contribution in [0.1, 0.15) is 49.0 Å². The number of carbonyl (C=O) groups is 1. The monoisotopic (exact) mass is 398 g/mol. The summed E-state index contributed by atoms with van der Waals surface area (Å²) in [7, 11) is 1.39. The second-order valence-electron chi connectivity index (χ2n) is 8.29. The van der Waals surface area contributed by atoms with Crippen LogP contribution in [0.15, 0.2) is 39.9 Å². The molecule has 0 bridgehead atoms. The van der Waals surface area contributed by atoms with Crippen LogP contribution in [0.4, 0.5) is 5.82 Å². The summed E-state index contributed by atoms with van der Waals surface area (Å²) in [4.78, 5) is 40.6. The average molecular weight is 399 g/mol. The Morgan fingerprint density at radius 3 is 2.45 bits per heavy atom. The van der Waals surface area contributed by atoms with E-state index in [4.69, 9.17) is 5.73 Å². The lowest BCUT2D eigenvalue weighted by atomic mass is 10.1. The van der Waals surface area contributed by atoms with Crippen molar-refractivity contribution in [2.75, 3.05) is 18.8 Å². The minimum absolute atomic E-state index is 0.0495. The molecule has 1 heterocycles. The van der Waals surface area contributed by atoms with Gasteiger partial charge < -0.3 is 5.73 Å². The van der Waals surface area contributed by atoms with Gasteiger partial charge in [0.05, 0.1) is 13.1 Å². The van der Waals surface area contributed by atoms with Gasteiger partial charge >= 0.3 is 5.69 Å². The largest absolute Gasteiger partial charge is 0.384 e. The van der Waals surface area contributed by atoms with Crippen molar-refractivity contribution < 1.29 is 4.79 Å². The first-order valence-electron chi connectivity index (χ1n) is 10.2. The third-order valence-electron chi connectivity index (χ3n) is 5.45. The molecule has 0 unspecified atom stereocenters. The molecule has 0 radical (unpaired) electrons. The van der Waals surface area contributed by atoms with Crippen LogP contribution in [0, 0.1) is 5.92 Å². The number of aromatic nitrogens is 2. The lowest BCUT2D eigenvalue weighted by Gasteiger charge is -2.23. The van der Waals surface area contributed by atoms with Crippen molar-refractivity contribution in [1.82, 2.24) is 14.0 Å². The topological polar surface area (TPSA) is 90.3 Å². The molecule has 1 aliphatic carbocycles. The van der Waals surface area contributed by atoms with Crippen LogP contribution >= 0.6 is 0 Å². The number of anilines is 1. The number of hydrogen-bond donors (Lipinski definition) is 1. The van der Waals surface area contributed by atoms with Crippen LogP contribution in [-0.4, -0.2) is 38.9 Å². The van der Waals surface area contributed by atoms with Gasteiger partial charge in [-0.15, -0.1) is 0 Å². The lowest BCUT2D eigenvalue weighted by Crippen LogP contribution is -2.44. The molecule has 0 amide bonds. The Hall–Kier alpha value is -2.67. The van der Waals surface area contributed by atoms with Crippen molar-refractivity contribution in [2.45, 2.75) is 45.7 Å². The highest BCUT2D eigenvalue weighted by molar-refractivity contribution is 6.01. The van der Waals surface area contributed by atoms with Gasteiger partial charge in [0, 0.05) is 13.1 Å². The summed E-state index contributed by atoms with van der Waals surface area (Å²) in [6.07, 6.45) is 3.14. The third kappa shape index (κ3) is 4.85. The summed E-state index contributed by atoms with van der Waals surface area (Å²) in [6, 6.07) is 9.77. The van der Waals surface area contributed by atoms with Gasteiger partial charge in [0.2, 0.25) is 0 Å². The quantitative estimate of drug-likeness (QED) is 0.651. The Morgan fingerprint density at radius 1 is 1.21 bits per heavy atom. The summed E-state index contributed by atoms with van der Waals surface area (Å²) >= 11 is 0. The van der Waals surface area contributed by atoms with Gasteiger partial charge in [-0.3, -0.25) is 23.6 Å². The molecule has 156 valence electrons. The summed E-state index contributed by atoms with van der Waals surface area (Å²) in [6.45, 7) is 5.48. The van der Waals surface area contributed by atoms with Crippen molar-refractivity contribution in [3.8, 4) is 0 Å². The first-order valence-corrected chi connectivity index (χ1v) is 10.2. The molecule has 3 rings (SSSR count). The number of nitrogens with two attached hydrogens (primary N) is 1. The van der Waals surface area contributed by atoms with E-state index in [1.165, 1.54) is 11.6 Å². The molecule has 1 aromatic heterocycles. The van der Waals surface area contributed by atoms with Crippen LogP contribution in [-0.2, 0) is 13.6 Å². The highest BCUT2D eigenvalue weighted by Gasteiger charge is 2.32. The minimum Gasteiger partial charge on any atom is -0.384 e. The molecule has 1 fully saturated rings. The molecule has 29 heavy (non-hydrogen) atoms. The molecule has 1 aliphatic rings. The molecule has 0 aliphatic heterocycles. The zero-order valence-corrected chi connectivity index (χ0v) is 17.4. The molecule has 0 spiro atoms. The Balaban J connectivity index is 1.92. The molecular weight excluding hydrogens is 368 g/mol. The summed E-state index contributed by atoms with van der Waals surface area (Å²) in [5.74, 6) is 0.171. The molecule has 2 aromatic rings. The lowest BCUT2D eigenvalue weighted by molar-refractivity contribution is 0.0918. The van der Waals surface area contributed by atoms with Gasteiger partial charge in [-0.25, -0.2) is 4.79 Å². The van der Waals surface area contributed by atoms with Crippen LogP contribution < -0.4 is 17.0 Å². The minimum atomic E-state index is -0.624. The van der Waals surface area contributed by atoms with Gasteiger partial charge in [0.1, 0.15) is 11.4 Å². The Bertz CT molecular complexity index is 988. The zero-order valence-electron chi connectivity index (χ0n) is 17.4. The van der Waals surface area contributed by atoms with E-state index in [1.54, 1.807) is 0 Å². The predicted molar refractivity (Wildman–Crippen MR) is 114 cm³/mol. The Morgan fingerprint density at radius 2 is 1.86 bits per heavy atom.